The molecule has 0 aliphatic carbocycles. The molecule has 42 heavy (non-hydrogen) atoms. The Balaban J connectivity index is 1.53. The van der Waals surface area contributed by atoms with Crippen LogP contribution in [0.2, 0.25) is 0 Å². The predicted octanol–water partition coefficient (Wildman–Crippen LogP) is 3.61. The molecule has 0 radical (unpaired) electrons. The van der Waals surface area contributed by atoms with E-state index in [1.807, 2.05) is 30.7 Å². The number of pyridine rings is 1. The highest BCUT2D eigenvalue weighted by atomic mass is 19.4. The van der Waals surface area contributed by atoms with Crippen LogP contribution >= 0.6 is 0 Å². The number of carbonyl (C=O) groups excluding carboxylic acids is 1. The van der Waals surface area contributed by atoms with Gasteiger partial charge in [0.05, 0.1) is 41.8 Å². The van der Waals surface area contributed by atoms with Gasteiger partial charge in [0.2, 0.25) is 11.5 Å². The van der Waals surface area contributed by atoms with Crippen LogP contribution in [0, 0.1) is 5.82 Å². The van der Waals surface area contributed by atoms with Crippen molar-refractivity contribution >= 4 is 23.2 Å². The lowest BCUT2D eigenvalue weighted by Crippen LogP contribution is -2.50. The summed E-state index contributed by atoms with van der Waals surface area (Å²) in [5.41, 5.74) is -2.31. The Labute approximate surface area is 239 Å². The third-order valence-electron chi connectivity index (χ3n) is 7.68. The van der Waals surface area contributed by atoms with E-state index in [0.29, 0.717) is 62.7 Å². The molecule has 2 fully saturated rings. The molecule has 0 unspecified atom stereocenters. The van der Waals surface area contributed by atoms with Gasteiger partial charge in [0, 0.05) is 68.0 Å². The van der Waals surface area contributed by atoms with Crippen LogP contribution in [-0.4, -0.2) is 84.3 Å². The lowest BCUT2D eigenvalue weighted by Gasteiger charge is -2.39. The number of amides is 1. The number of anilines is 3. The van der Waals surface area contributed by atoms with E-state index >= 15 is 4.39 Å². The number of aromatic nitrogens is 3. The van der Waals surface area contributed by atoms with Crippen LogP contribution in [0.5, 0.6) is 0 Å². The number of morpholine rings is 1. The molecule has 2 aliphatic rings. The van der Waals surface area contributed by atoms with Crippen molar-refractivity contribution in [2.24, 2.45) is 0 Å². The molecule has 5 rings (SSSR count). The molecule has 2 aromatic heterocycles. The van der Waals surface area contributed by atoms with E-state index < -0.39 is 34.6 Å². The van der Waals surface area contributed by atoms with Gasteiger partial charge in [0.25, 0.3) is 5.91 Å². The summed E-state index contributed by atoms with van der Waals surface area (Å²) in [6, 6.07) is 3.13. The molecule has 2 atom stereocenters. The lowest BCUT2D eigenvalue weighted by molar-refractivity contribution is -0.138. The number of benzene rings is 1. The first-order valence-electron chi connectivity index (χ1n) is 13.5. The van der Waals surface area contributed by atoms with Crippen molar-refractivity contribution in [2.45, 2.75) is 32.1 Å². The van der Waals surface area contributed by atoms with Crippen molar-refractivity contribution in [2.75, 3.05) is 61.6 Å². The van der Waals surface area contributed by atoms with Crippen LogP contribution in [0.1, 0.15) is 29.8 Å². The van der Waals surface area contributed by atoms with Gasteiger partial charge >= 0.3 is 6.18 Å². The molecular formula is C28H31F4N7O3. The number of hydrogen-bond acceptors (Lipinski definition) is 8. The number of carbonyl (C=O) groups is 1. The number of aromatic amines is 1. The first-order chi connectivity index (χ1) is 19.9. The second-order valence-electron chi connectivity index (χ2n) is 10.6. The molecule has 1 aromatic carbocycles. The van der Waals surface area contributed by atoms with Crippen molar-refractivity contribution in [1.82, 2.24) is 19.9 Å². The predicted molar refractivity (Wildman–Crippen MR) is 149 cm³/mol. The Hall–Kier alpha value is -4.04. The van der Waals surface area contributed by atoms with E-state index in [-0.39, 0.29) is 23.3 Å². The molecule has 224 valence electrons. The molecule has 10 nitrogen and oxygen atoms in total. The van der Waals surface area contributed by atoms with Gasteiger partial charge in [-0.2, -0.15) is 13.2 Å². The monoisotopic (exact) mass is 589 g/mol. The number of alkyl halides is 3. The second-order valence-corrected chi connectivity index (χ2v) is 10.6. The number of nitrogens with one attached hydrogen (secondary N) is 2. The average molecular weight is 590 g/mol. The Morgan fingerprint density at radius 3 is 2.50 bits per heavy atom. The van der Waals surface area contributed by atoms with E-state index in [2.05, 4.69) is 25.2 Å². The van der Waals surface area contributed by atoms with Gasteiger partial charge in [-0.1, -0.05) is 0 Å². The SMILES string of the molecule is C[C@@H]1COCCN1c1ncc(-c2cc(NC(=O)c3c[nH]c(=O)cc3C(F)(F)F)c(N3CCN(C)[C@@H](C)C3)cc2F)cn1. The number of H-pyrrole nitrogens is 1. The zero-order chi connectivity index (χ0) is 30.2. The van der Waals surface area contributed by atoms with Crippen LogP contribution in [0.15, 0.2) is 41.6 Å². The highest BCUT2D eigenvalue weighted by Crippen LogP contribution is 2.37. The van der Waals surface area contributed by atoms with Crippen LogP contribution < -0.4 is 20.7 Å². The van der Waals surface area contributed by atoms with Gasteiger partial charge in [0.15, 0.2) is 0 Å². The van der Waals surface area contributed by atoms with Gasteiger partial charge in [-0.05, 0) is 33.0 Å². The van der Waals surface area contributed by atoms with Gasteiger partial charge in [-0.15, -0.1) is 0 Å². The molecule has 14 heteroatoms. The second kappa shape index (κ2) is 11.7. The van der Waals surface area contributed by atoms with E-state index in [1.165, 1.54) is 24.5 Å². The average Bonchev–Trinajstić information content (AvgIpc) is 2.95. The molecule has 3 aromatic rings. The van der Waals surface area contributed by atoms with Gasteiger partial charge in [-0.25, -0.2) is 14.4 Å². The topological polar surface area (TPSA) is 107 Å². The Morgan fingerprint density at radius 1 is 1.10 bits per heavy atom. The van der Waals surface area contributed by atoms with Crippen LogP contribution in [0.4, 0.5) is 34.9 Å². The normalized spacial score (nSPS) is 20.1. The minimum atomic E-state index is -4.94. The van der Waals surface area contributed by atoms with E-state index in [4.69, 9.17) is 4.74 Å². The van der Waals surface area contributed by atoms with E-state index in [0.717, 1.165) is 6.20 Å². The minimum absolute atomic E-state index is 0.0583. The highest BCUT2D eigenvalue weighted by Gasteiger charge is 2.36. The largest absolute Gasteiger partial charge is 0.417 e. The standard InChI is InChI=1S/C28H31F4N7O3/c1-16-14-38(5-4-37(16)3)24-10-22(29)19(18-11-34-27(35-12-18)39-6-7-42-15-17(39)2)8-23(24)36-26(41)20-13-33-25(40)9-21(20)28(30,31)32/h8-13,16-17H,4-7,14-15H2,1-3H3,(H,33,40)(H,36,41)/t16-,17+/m0/s1. The van der Waals surface area contributed by atoms with Crippen LogP contribution in [0.25, 0.3) is 11.1 Å². The summed E-state index contributed by atoms with van der Waals surface area (Å²) in [6.07, 6.45) is -1.28. The molecule has 2 N–H and O–H groups in total. The van der Waals surface area contributed by atoms with Crippen molar-refractivity contribution in [3.63, 3.8) is 0 Å². The Morgan fingerprint density at radius 2 is 1.83 bits per heavy atom. The highest BCUT2D eigenvalue weighted by molar-refractivity contribution is 6.07. The summed E-state index contributed by atoms with van der Waals surface area (Å²) in [5.74, 6) is -1.25. The summed E-state index contributed by atoms with van der Waals surface area (Å²) in [6.45, 7) is 7.31. The summed E-state index contributed by atoms with van der Waals surface area (Å²) in [4.78, 5) is 41.8. The van der Waals surface area contributed by atoms with Crippen molar-refractivity contribution in [3.8, 4) is 11.1 Å². The van der Waals surface area contributed by atoms with Gasteiger partial charge in [-0.3, -0.25) is 9.59 Å². The zero-order valence-electron chi connectivity index (χ0n) is 23.3. The quantitative estimate of drug-likeness (QED) is 0.435. The first kappa shape index (κ1) is 29.5. The Kier molecular flexibility index (Phi) is 8.19. The van der Waals surface area contributed by atoms with E-state index in [1.54, 1.807) is 0 Å². The fourth-order valence-electron chi connectivity index (χ4n) is 5.13. The third kappa shape index (κ3) is 6.09. The smallest absolute Gasteiger partial charge is 0.377 e. The number of likely N-dealkylation sites (N-methyl/N-ethyl adjacent to an activating group) is 1. The maximum absolute atomic E-state index is 15.7. The summed E-state index contributed by atoms with van der Waals surface area (Å²) < 4.78 is 62.2. The third-order valence-corrected chi connectivity index (χ3v) is 7.68. The molecule has 2 saturated heterocycles. The molecular weight excluding hydrogens is 558 g/mol. The van der Waals surface area contributed by atoms with Crippen molar-refractivity contribution in [1.29, 1.82) is 0 Å². The number of hydrogen-bond donors (Lipinski definition) is 2. The molecule has 0 saturated carbocycles. The maximum atomic E-state index is 15.7. The van der Waals surface area contributed by atoms with Crippen molar-refractivity contribution < 1.29 is 27.1 Å². The number of rotatable bonds is 5. The Bertz CT molecular complexity index is 1510. The van der Waals surface area contributed by atoms with Gasteiger partial charge in [0.1, 0.15) is 5.82 Å². The van der Waals surface area contributed by atoms with Crippen LogP contribution in [0.3, 0.4) is 0 Å². The fourth-order valence-corrected chi connectivity index (χ4v) is 5.13. The van der Waals surface area contributed by atoms with Crippen LogP contribution in [-0.2, 0) is 10.9 Å². The van der Waals surface area contributed by atoms with Gasteiger partial charge < -0.3 is 29.7 Å². The number of halogens is 4. The molecule has 2 aliphatic heterocycles. The van der Waals surface area contributed by atoms with E-state index in [9.17, 15) is 22.8 Å². The molecule has 0 bridgehead atoms. The minimum Gasteiger partial charge on any atom is -0.377 e. The fraction of sp³-hybridized carbons (Fsp3) is 0.429. The number of piperazine rings is 1. The number of ether oxygens (including phenoxy) is 1. The summed E-state index contributed by atoms with van der Waals surface area (Å²) >= 11 is 0. The van der Waals surface area contributed by atoms with Crippen molar-refractivity contribution in [3.05, 3.63) is 64.1 Å². The maximum Gasteiger partial charge on any atom is 0.417 e. The summed E-state index contributed by atoms with van der Waals surface area (Å²) in [7, 11) is 1.96. The molecule has 1 amide bonds. The lowest BCUT2D eigenvalue weighted by atomic mass is 10.0. The summed E-state index contributed by atoms with van der Waals surface area (Å²) in [5, 5.41) is 2.54. The number of nitrogens with zero attached hydrogens (tertiary/aromatic N) is 5. The zero-order valence-corrected chi connectivity index (χ0v) is 23.3. The first-order valence-corrected chi connectivity index (χ1v) is 13.5. The molecule has 0 spiro atoms. The molecule has 4 heterocycles.